The van der Waals surface area contributed by atoms with E-state index in [4.69, 9.17) is 0 Å². The second-order valence-electron chi connectivity index (χ2n) is 8.17. The highest BCUT2D eigenvalue weighted by Crippen LogP contribution is 2.28. The lowest BCUT2D eigenvalue weighted by atomic mass is 10.0. The average Bonchev–Trinajstić information content (AvgIpc) is 3.13. The second kappa shape index (κ2) is 8.76. The molecule has 0 bridgehead atoms. The topological polar surface area (TPSA) is 77.4 Å². The predicted octanol–water partition coefficient (Wildman–Crippen LogP) is 2.96. The Morgan fingerprint density at radius 3 is 2.59 bits per heavy atom. The highest BCUT2D eigenvalue weighted by molar-refractivity contribution is 6.25. The molecule has 0 saturated carbocycles. The van der Waals surface area contributed by atoms with Crippen molar-refractivity contribution < 1.29 is 22.8 Å². The van der Waals surface area contributed by atoms with Crippen LogP contribution in [0.15, 0.2) is 39.9 Å². The normalized spacial score (nSPS) is 21.8. The number of hydrogen-bond donors (Lipinski definition) is 1. The van der Waals surface area contributed by atoms with E-state index >= 15 is 0 Å². The van der Waals surface area contributed by atoms with Crippen LogP contribution >= 0.6 is 0 Å². The maximum atomic E-state index is 14.5. The number of hydrazone groups is 1. The Morgan fingerprint density at radius 1 is 1.22 bits per heavy atom. The maximum Gasteiger partial charge on any atom is 0.266 e. The zero-order valence-corrected chi connectivity index (χ0v) is 17.8. The first-order chi connectivity index (χ1) is 15.2. The summed E-state index contributed by atoms with van der Waals surface area (Å²) in [5, 5.41) is 8.96. The highest BCUT2D eigenvalue weighted by atomic mass is 19.3. The SMILES string of the molecule is C[C@@H]1CN2N=C(N3CCC(=O)CC3)C=C(C(=O)N[C@H](C)c3cccc(C(F)F)c3F)C2=N1. The van der Waals surface area contributed by atoms with Gasteiger partial charge in [-0.1, -0.05) is 18.2 Å². The lowest BCUT2D eigenvalue weighted by molar-refractivity contribution is -0.121. The number of ketones is 1. The van der Waals surface area contributed by atoms with Crippen LogP contribution in [-0.2, 0) is 9.59 Å². The first kappa shape index (κ1) is 22.0. The molecule has 0 aliphatic carbocycles. The molecular formula is C22H24F3N5O2. The second-order valence-corrected chi connectivity index (χ2v) is 8.17. The number of fused-ring (bicyclic) bond motifs is 1. The third kappa shape index (κ3) is 4.26. The van der Waals surface area contributed by atoms with E-state index in [0.29, 0.717) is 44.1 Å². The van der Waals surface area contributed by atoms with E-state index in [2.05, 4.69) is 15.4 Å². The Bertz CT molecular complexity index is 1030. The summed E-state index contributed by atoms with van der Waals surface area (Å²) in [6.45, 7) is 4.99. The Balaban J connectivity index is 1.58. The van der Waals surface area contributed by atoms with Crippen LogP contribution in [0.1, 0.15) is 50.3 Å². The van der Waals surface area contributed by atoms with Crippen LogP contribution in [0.2, 0.25) is 0 Å². The van der Waals surface area contributed by atoms with Crippen molar-refractivity contribution in [2.75, 3.05) is 19.6 Å². The van der Waals surface area contributed by atoms with E-state index in [1.807, 2.05) is 11.8 Å². The monoisotopic (exact) mass is 447 g/mol. The maximum absolute atomic E-state index is 14.5. The summed E-state index contributed by atoms with van der Waals surface area (Å²) in [7, 11) is 0. The van der Waals surface area contributed by atoms with E-state index in [0.717, 1.165) is 6.07 Å². The molecule has 1 aromatic carbocycles. The number of alkyl halides is 2. The first-order valence-electron chi connectivity index (χ1n) is 10.5. The van der Waals surface area contributed by atoms with Crippen molar-refractivity contribution in [1.82, 2.24) is 15.2 Å². The van der Waals surface area contributed by atoms with Crippen molar-refractivity contribution in [2.24, 2.45) is 10.1 Å². The van der Waals surface area contributed by atoms with Gasteiger partial charge < -0.3 is 10.2 Å². The Labute approximate surface area is 183 Å². The molecule has 4 rings (SSSR count). The number of amidine groups is 2. The number of benzene rings is 1. The summed E-state index contributed by atoms with van der Waals surface area (Å²) >= 11 is 0. The van der Waals surface area contributed by atoms with E-state index in [1.165, 1.54) is 19.1 Å². The van der Waals surface area contributed by atoms with Gasteiger partial charge in [0.15, 0.2) is 5.84 Å². The quantitative estimate of drug-likeness (QED) is 0.770. The molecule has 170 valence electrons. The number of amides is 1. The van der Waals surface area contributed by atoms with E-state index < -0.39 is 29.8 Å². The molecule has 1 saturated heterocycles. The van der Waals surface area contributed by atoms with Crippen LogP contribution in [-0.4, -0.2) is 58.9 Å². The molecule has 0 radical (unpaired) electrons. The van der Waals surface area contributed by atoms with Crippen molar-refractivity contribution in [2.45, 2.75) is 45.2 Å². The van der Waals surface area contributed by atoms with Gasteiger partial charge in [-0.15, -0.1) is 0 Å². The molecule has 1 fully saturated rings. The summed E-state index contributed by atoms with van der Waals surface area (Å²) in [5.74, 6) is -0.354. The standard InChI is InChI=1S/C22H24F3N5O2/c1-12-11-30-21(26-12)17(10-18(28-30)29-8-6-14(31)7-9-29)22(32)27-13(2)15-4-3-5-16(19(15)23)20(24)25/h3-5,10,12-13,20H,6-9,11H2,1-2H3,(H,27,32)/t12-,13-/m1/s1. The van der Waals surface area contributed by atoms with Crippen LogP contribution < -0.4 is 5.32 Å². The van der Waals surface area contributed by atoms with Crippen molar-refractivity contribution in [3.05, 3.63) is 46.8 Å². The fourth-order valence-corrected chi connectivity index (χ4v) is 4.03. The Hall–Kier alpha value is -3.17. The number of carbonyl (C=O) groups is 2. The summed E-state index contributed by atoms with van der Waals surface area (Å²) in [6.07, 6.45) is -0.487. The van der Waals surface area contributed by atoms with Crippen LogP contribution in [0.25, 0.3) is 0 Å². The molecule has 3 heterocycles. The number of likely N-dealkylation sites (tertiary alicyclic amines) is 1. The molecule has 32 heavy (non-hydrogen) atoms. The van der Waals surface area contributed by atoms with Gasteiger partial charge in [-0.05, 0) is 19.9 Å². The molecule has 2 atom stereocenters. The van der Waals surface area contributed by atoms with Crippen molar-refractivity contribution in [1.29, 1.82) is 0 Å². The molecule has 0 unspecified atom stereocenters. The molecule has 7 nitrogen and oxygen atoms in total. The number of carbonyl (C=O) groups excluding carboxylic acids is 2. The molecule has 1 N–H and O–H groups in total. The Kier molecular flexibility index (Phi) is 6.03. The summed E-state index contributed by atoms with van der Waals surface area (Å²) in [5.41, 5.74) is -0.446. The third-order valence-corrected chi connectivity index (χ3v) is 5.76. The zero-order chi connectivity index (χ0) is 23.0. The van der Waals surface area contributed by atoms with Crippen LogP contribution in [0, 0.1) is 5.82 Å². The van der Waals surface area contributed by atoms with Gasteiger partial charge in [0.05, 0.1) is 29.8 Å². The zero-order valence-electron chi connectivity index (χ0n) is 17.8. The average molecular weight is 447 g/mol. The van der Waals surface area contributed by atoms with Gasteiger partial charge in [0.25, 0.3) is 12.3 Å². The number of rotatable bonds is 4. The number of hydrogen-bond acceptors (Lipinski definition) is 6. The molecule has 3 aliphatic rings. The number of piperidine rings is 1. The van der Waals surface area contributed by atoms with Gasteiger partial charge in [0, 0.05) is 31.5 Å². The smallest absolute Gasteiger partial charge is 0.266 e. The molecule has 3 aliphatic heterocycles. The summed E-state index contributed by atoms with van der Waals surface area (Å²) in [6, 6.07) is 2.84. The molecule has 1 aromatic rings. The van der Waals surface area contributed by atoms with Crippen LogP contribution in [0.3, 0.4) is 0 Å². The van der Waals surface area contributed by atoms with Gasteiger partial charge in [0.2, 0.25) is 0 Å². The third-order valence-electron chi connectivity index (χ3n) is 5.76. The number of nitrogens with one attached hydrogen (secondary N) is 1. The minimum Gasteiger partial charge on any atom is -0.354 e. The molecular weight excluding hydrogens is 423 g/mol. The molecule has 1 amide bonds. The van der Waals surface area contributed by atoms with E-state index in [9.17, 15) is 22.8 Å². The van der Waals surface area contributed by atoms with Crippen molar-refractivity contribution in [3.8, 4) is 0 Å². The van der Waals surface area contributed by atoms with Gasteiger partial charge >= 0.3 is 0 Å². The van der Waals surface area contributed by atoms with Crippen molar-refractivity contribution >= 4 is 23.4 Å². The van der Waals surface area contributed by atoms with Crippen LogP contribution in [0.5, 0.6) is 0 Å². The lowest BCUT2D eigenvalue weighted by Crippen LogP contribution is -2.44. The molecule has 0 spiro atoms. The minimum atomic E-state index is -2.95. The number of halogens is 3. The lowest BCUT2D eigenvalue weighted by Gasteiger charge is -2.32. The molecule has 0 aromatic heterocycles. The summed E-state index contributed by atoms with van der Waals surface area (Å²) < 4.78 is 40.6. The number of Topliss-reactive ketones (excluding diaryl/α,β-unsaturated/α-hetero) is 1. The molecule has 10 heteroatoms. The van der Waals surface area contributed by atoms with E-state index in [-0.39, 0.29) is 23.0 Å². The predicted molar refractivity (Wildman–Crippen MR) is 113 cm³/mol. The minimum absolute atomic E-state index is 0.0189. The van der Waals surface area contributed by atoms with Gasteiger partial charge in [-0.25, -0.2) is 18.2 Å². The summed E-state index contributed by atoms with van der Waals surface area (Å²) in [4.78, 5) is 31.2. The fourth-order valence-electron chi connectivity index (χ4n) is 4.03. The highest BCUT2D eigenvalue weighted by Gasteiger charge is 2.34. The largest absolute Gasteiger partial charge is 0.354 e. The van der Waals surface area contributed by atoms with Crippen LogP contribution in [0.4, 0.5) is 13.2 Å². The fraction of sp³-hybridized carbons (Fsp3) is 0.455. The van der Waals surface area contributed by atoms with Gasteiger partial charge in [-0.3, -0.25) is 14.6 Å². The van der Waals surface area contributed by atoms with Gasteiger partial charge in [0.1, 0.15) is 17.4 Å². The Morgan fingerprint density at radius 2 is 1.91 bits per heavy atom. The van der Waals surface area contributed by atoms with E-state index in [1.54, 1.807) is 11.1 Å². The van der Waals surface area contributed by atoms with Crippen molar-refractivity contribution in [3.63, 3.8) is 0 Å². The number of aliphatic imine (C=N–C) groups is 1. The number of nitrogens with zero attached hydrogens (tertiary/aromatic N) is 4. The first-order valence-corrected chi connectivity index (χ1v) is 10.5. The van der Waals surface area contributed by atoms with Gasteiger partial charge in [-0.2, -0.15) is 5.10 Å².